The van der Waals surface area contributed by atoms with Crippen LogP contribution < -0.4 is 10.0 Å². The standard InChI is InChI=1S/C25H24N2O4S2/c1-33(30,31)26-16-15-19-12-14-22(32-19)25(29)27-24(18-8-3-2-4-9-18)23-20-10-6-5-7-17(20)11-13-21(23)28/h2-14,24,26,28H,15-16H2,1H3,(H,27,29)/t24-/m1/s1. The molecule has 0 fully saturated rings. The number of aromatic hydroxyl groups is 1. The predicted molar refractivity (Wildman–Crippen MR) is 132 cm³/mol. The van der Waals surface area contributed by atoms with Gasteiger partial charge in [-0.2, -0.15) is 0 Å². The van der Waals surface area contributed by atoms with Gasteiger partial charge in [0.1, 0.15) is 5.75 Å². The molecular weight excluding hydrogens is 456 g/mol. The van der Waals surface area contributed by atoms with Crippen molar-refractivity contribution in [2.24, 2.45) is 0 Å². The molecule has 4 rings (SSSR count). The van der Waals surface area contributed by atoms with Gasteiger partial charge < -0.3 is 10.4 Å². The average Bonchev–Trinajstić information content (AvgIpc) is 3.26. The quantitative estimate of drug-likeness (QED) is 0.352. The molecule has 33 heavy (non-hydrogen) atoms. The van der Waals surface area contributed by atoms with Crippen LogP contribution in [0.15, 0.2) is 78.9 Å². The number of thiophene rings is 1. The summed E-state index contributed by atoms with van der Waals surface area (Å²) in [4.78, 5) is 14.6. The Balaban J connectivity index is 1.63. The van der Waals surface area contributed by atoms with E-state index in [0.29, 0.717) is 16.9 Å². The van der Waals surface area contributed by atoms with Crippen molar-refractivity contribution in [2.45, 2.75) is 12.5 Å². The molecule has 0 aliphatic carbocycles. The minimum Gasteiger partial charge on any atom is -0.508 e. The Morgan fingerprint density at radius 1 is 0.970 bits per heavy atom. The van der Waals surface area contributed by atoms with Gasteiger partial charge in [0.25, 0.3) is 5.91 Å². The van der Waals surface area contributed by atoms with Crippen molar-refractivity contribution in [3.05, 3.63) is 99.7 Å². The van der Waals surface area contributed by atoms with E-state index < -0.39 is 16.1 Å². The summed E-state index contributed by atoms with van der Waals surface area (Å²) in [5.74, 6) is -0.148. The van der Waals surface area contributed by atoms with Crippen LogP contribution in [0.4, 0.5) is 0 Å². The van der Waals surface area contributed by atoms with Gasteiger partial charge in [0, 0.05) is 17.0 Å². The lowest BCUT2D eigenvalue weighted by molar-refractivity contribution is 0.0947. The van der Waals surface area contributed by atoms with Crippen molar-refractivity contribution in [3.8, 4) is 5.75 Å². The molecule has 6 nitrogen and oxygen atoms in total. The second-order valence-corrected chi connectivity index (χ2v) is 10.7. The molecule has 1 heterocycles. The van der Waals surface area contributed by atoms with Crippen molar-refractivity contribution in [1.82, 2.24) is 10.0 Å². The van der Waals surface area contributed by atoms with E-state index in [4.69, 9.17) is 0 Å². The van der Waals surface area contributed by atoms with Crippen LogP contribution in [0.25, 0.3) is 10.8 Å². The molecule has 0 radical (unpaired) electrons. The zero-order valence-corrected chi connectivity index (χ0v) is 19.6. The number of phenols is 1. The number of sulfonamides is 1. The molecule has 1 amide bonds. The molecule has 3 N–H and O–H groups in total. The van der Waals surface area contributed by atoms with Gasteiger partial charge >= 0.3 is 0 Å². The highest BCUT2D eigenvalue weighted by Crippen LogP contribution is 2.36. The molecule has 0 saturated heterocycles. The van der Waals surface area contributed by atoms with Crippen LogP contribution in [0, 0.1) is 0 Å². The molecule has 0 aliphatic rings. The van der Waals surface area contributed by atoms with Gasteiger partial charge in [-0.1, -0.05) is 60.7 Å². The van der Waals surface area contributed by atoms with Gasteiger partial charge in [0.15, 0.2) is 0 Å². The Labute approximate surface area is 197 Å². The highest BCUT2D eigenvalue weighted by atomic mass is 32.2. The van der Waals surface area contributed by atoms with E-state index in [1.54, 1.807) is 12.1 Å². The summed E-state index contributed by atoms with van der Waals surface area (Å²) >= 11 is 1.32. The Hall–Kier alpha value is -3.20. The minimum atomic E-state index is -3.25. The molecular formula is C25H24N2O4S2. The molecule has 1 aromatic heterocycles. The fourth-order valence-corrected chi connectivity index (χ4v) is 5.13. The zero-order valence-electron chi connectivity index (χ0n) is 18.0. The van der Waals surface area contributed by atoms with E-state index in [1.807, 2.05) is 66.7 Å². The maximum Gasteiger partial charge on any atom is 0.262 e. The number of hydrogen-bond acceptors (Lipinski definition) is 5. The van der Waals surface area contributed by atoms with Crippen LogP contribution in [0.3, 0.4) is 0 Å². The summed E-state index contributed by atoms with van der Waals surface area (Å²) in [6, 6.07) is 23.8. The molecule has 0 aliphatic heterocycles. The van der Waals surface area contributed by atoms with Crippen LogP contribution in [-0.4, -0.2) is 32.2 Å². The Bertz CT molecular complexity index is 1380. The highest BCUT2D eigenvalue weighted by molar-refractivity contribution is 7.88. The molecule has 8 heteroatoms. The third-order valence-corrected chi connectivity index (χ3v) is 7.14. The van der Waals surface area contributed by atoms with Gasteiger partial charge in [-0.15, -0.1) is 11.3 Å². The van der Waals surface area contributed by atoms with Crippen LogP contribution >= 0.6 is 11.3 Å². The Morgan fingerprint density at radius 2 is 1.70 bits per heavy atom. The first kappa shape index (κ1) is 23.0. The summed E-state index contributed by atoms with van der Waals surface area (Å²) in [5.41, 5.74) is 1.49. The highest BCUT2D eigenvalue weighted by Gasteiger charge is 2.23. The van der Waals surface area contributed by atoms with Crippen molar-refractivity contribution in [3.63, 3.8) is 0 Å². The van der Waals surface area contributed by atoms with E-state index in [0.717, 1.165) is 27.5 Å². The molecule has 0 bridgehead atoms. The zero-order chi connectivity index (χ0) is 23.4. The second kappa shape index (κ2) is 9.74. The first-order chi connectivity index (χ1) is 15.8. The molecule has 4 aromatic rings. The average molecular weight is 481 g/mol. The summed E-state index contributed by atoms with van der Waals surface area (Å²) < 4.78 is 25.0. The largest absolute Gasteiger partial charge is 0.508 e. The van der Waals surface area contributed by atoms with E-state index in [1.165, 1.54) is 11.3 Å². The summed E-state index contributed by atoms with van der Waals surface area (Å²) in [6.07, 6.45) is 1.62. The van der Waals surface area contributed by atoms with Crippen molar-refractivity contribution >= 4 is 38.0 Å². The number of fused-ring (bicyclic) bond motifs is 1. The summed E-state index contributed by atoms with van der Waals surface area (Å²) in [7, 11) is -3.25. The molecule has 1 atom stereocenters. The SMILES string of the molecule is CS(=O)(=O)NCCc1ccc(C(=O)N[C@H](c2ccccc2)c2c(O)ccc3ccccc23)s1. The van der Waals surface area contributed by atoms with Gasteiger partial charge in [-0.3, -0.25) is 4.79 Å². The lowest BCUT2D eigenvalue weighted by Crippen LogP contribution is -2.29. The van der Waals surface area contributed by atoms with Crippen molar-refractivity contribution < 1.29 is 18.3 Å². The maximum atomic E-state index is 13.2. The summed E-state index contributed by atoms with van der Waals surface area (Å²) in [5, 5.41) is 15.7. The number of nitrogens with one attached hydrogen (secondary N) is 2. The van der Waals surface area contributed by atoms with Gasteiger partial charge in [0.2, 0.25) is 10.0 Å². The molecule has 0 saturated carbocycles. The normalized spacial score (nSPS) is 12.5. The van der Waals surface area contributed by atoms with Crippen LogP contribution in [0.5, 0.6) is 5.75 Å². The van der Waals surface area contributed by atoms with Crippen molar-refractivity contribution in [2.75, 3.05) is 12.8 Å². The van der Waals surface area contributed by atoms with Crippen LogP contribution in [0.2, 0.25) is 0 Å². The first-order valence-electron chi connectivity index (χ1n) is 10.4. The smallest absolute Gasteiger partial charge is 0.262 e. The van der Waals surface area contributed by atoms with E-state index in [2.05, 4.69) is 10.0 Å². The number of hydrogen-bond donors (Lipinski definition) is 3. The number of amides is 1. The van der Waals surface area contributed by atoms with Crippen LogP contribution in [0.1, 0.15) is 31.7 Å². The van der Waals surface area contributed by atoms with Crippen molar-refractivity contribution in [1.29, 1.82) is 0 Å². The number of carbonyl (C=O) groups excluding carboxylic acids is 1. The molecule has 3 aromatic carbocycles. The minimum absolute atomic E-state index is 0.113. The third-order valence-electron chi connectivity index (χ3n) is 5.27. The topological polar surface area (TPSA) is 95.5 Å². The second-order valence-electron chi connectivity index (χ2n) is 7.72. The molecule has 0 spiro atoms. The van der Waals surface area contributed by atoms with Crippen LogP contribution in [-0.2, 0) is 16.4 Å². The Kier molecular flexibility index (Phi) is 6.78. The maximum absolute atomic E-state index is 13.2. The predicted octanol–water partition coefficient (Wildman–Crippen LogP) is 4.22. The number of phenolic OH excluding ortho intramolecular Hbond substituents is 1. The molecule has 170 valence electrons. The van der Waals surface area contributed by atoms with Gasteiger partial charge in [0.05, 0.1) is 17.2 Å². The van der Waals surface area contributed by atoms with E-state index in [-0.39, 0.29) is 18.2 Å². The number of benzene rings is 3. The number of rotatable bonds is 8. The lowest BCUT2D eigenvalue weighted by Gasteiger charge is -2.22. The fraction of sp³-hybridized carbons (Fsp3) is 0.160. The van der Waals surface area contributed by atoms with Gasteiger partial charge in [-0.25, -0.2) is 13.1 Å². The Morgan fingerprint density at radius 3 is 2.45 bits per heavy atom. The summed E-state index contributed by atoms with van der Waals surface area (Å²) in [6.45, 7) is 0.275. The number of carbonyl (C=O) groups is 1. The van der Waals surface area contributed by atoms with E-state index in [9.17, 15) is 18.3 Å². The lowest BCUT2D eigenvalue weighted by atomic mass is 9.92. The first-order valence-corrected chi connectivity index (χ1v) is 13.1. The van der Waals surface area contributed by atoms with Gasteiger partial charge in [-0.05, 0) is 41.0 Å². The van der Waals surface area contributed by atoms with E-state index >= 15 is 0 Å². The monoisotopic (exact) mass is 480 g/mol. The fourth-order valence-electron chi connectivity index (χ4n) is 3.75. The third kappa shape index (κ3) is 5.60. The molecule has 0 unspecified atom stereocenters.